The lowest BCUT2D eigenvalue weighted by molar-refractivity contribution is -0.193. The second kappa shape index (κ2) is 4.04. The van der Waals surface area contributed by atoms with E-state index in [1.807, 2.05) is 0 Å². The molecule has 0 spiro atoms. The molecule has 0 N–H and O–H groups in total. The van der Waals surface area contributed by atoms with Gasteiger partial charge in [-0.1, -0.05) is 6.92 Å². The third-order valence-corrected chi connectivity index (χ3v) is 2.19. The molecule has 66 valence electrons. The van der Waals surface area contributed by atoms with Crippen LogP contribution in [0.4, 0.5) is 0 Å². The summed E-state index contributed by atoms with van der Waals surface area (Å²) in [6.45, 7) is 2.14. The van der Waals surface area contributed by atoms with Crippen LogP contribution >= 0.6 is 0 Å². The molecular weight excluding hydrogens is 144 g/mol. The maximum atomic E-state index is 5.42. The molecule has 3 nitrogen and oxygen atoms in total. The van der Waals surface area contributed by atoms with Gasteiger partial charge in [-0.2, -0.15) is 0 Å². The van der Waals surface area contributed by atoms with Crippen molar-refractivity contribution in [1.29, 1.82) is 0 Å². The van der Waals surface area contributed by atoms with Gasteiger partial charge in [0.1, 0.15) is 0 Å². The fourth-order valence-electron chi connectivity index (χ4n) is 1.43. The first-order valence-corrected chi connectivity index (χ1v) is 4.02. The molecule has 11 heavy (non-hydrogen) atoms. The molecule has 0 radical (unpaired) electrons. The zero-order valence-electron chi connectivity index (χ0n) is 7.37. The summed E-state index contributed by atoms with van der Waals surface area (Å²) >= 11 is 0. The lowest BCUT2D eigenvalue weighted by Gasteiger charge is -2.13. The Bertz CT molecular complexity index is 104. The Hall–Kier alpha value is -0.120. The van der Waals surface area contributed by atoms with E-state index in [9.17, 15) is 0 Å². The monoisotopic (exact) mass is 160 g/mol. The van der Waals surface area contributed by atoms with Crippen molar-refractivity contribution >= 4 is 0 Å². The average molecular weight is 160 g/mol. The van der Waals surface area contributed by atoms with Gasteiger partial charge < -0.3 is 14.2 Å². The van der Waals surface area contributed by atoms with Gasteiger partial charge in [-0.3, -0.25) is 0 Å². The first-order valence-electron chi connectivity index (χ1n) is 4.02. The summed E-state index contributed by atoms with van der Waals surface area (Å²) in [4.78, 5) is 0. The van der Waals surface area contributed by atoms with E-state index in [2.05, 4.69) is 6.92 Å². The van der Waals surface area contributed by atoms with Gasteiger partial charge in [-0.25, -0.2) is 0 Å². The second-order valence-corrected chi connectivity index (χ2v) is 2.81. The first kappa shape index (κ1) is 8.97. The van der Waals surface area contributed by atoms with E-state index in [0.29, 0.717) is 5.92 Å². The van der Waals surface area contributed by atoms with Crippen LogP contribution in [0, 0.1) is 5.92 Å². The molecule has 1 fully saturated rings. The Morgan fingerprint density at radius 3 is 2.45 bits per heavy atom. The first-order chi connectivity index (χ1) is 5.31. The standard InChI is InChI=1S/C8H16O3/c1-4-6-5-7(9-2)11-8(6)10-3/h6-8H,4-5H2,1-3H3/t6-,7+,8-/m1/s1. The largest absolute Gasteiger partial charge is 0.356 e. The van der Waals surface area contributed by atoms with Crippen molar-refractivity contribution in [1.82, 2.24) is 0 Å². The maximum absolute atomic E-state index is 5.42. The van der Waals surface area contributed by atoms with Crippen molar-refractivity contribution in [2.24, 2.45) is 5.92 Å². The molecule has 0 saturated carbocycles. The lowest BCUT2D eigenvalue weighted by atomic mass is 10.0. The molecule has 1 aliphatic rings. The summed E-state index contributed by atoms with van der Waals surface area (Å²) in [7, 11) is 3.33. The molecule has 1 heterocycles. The molecule has 0 aromatic heterocycles. The van der Waals surface area contributed by atoms with Crippen molar-refractivity contribution in [3.63, 3.8) is 0 Å². The van der Waals surface area contributed by atoms with Crippen molar-refractivity contribution in [2.75, 3.05) is 14.2 Å². The van der Waals surface area contributed by atoms with E-state index < -0.39 is 0 Å². The van der Waals surface area contributed by atoms with Crippen molar-refractivity contribution in [3.05, 3.63) is 0 Å². The Morgan fingerprint density at radius 2 is 2.09 bits per heavy atom. The molecule has 1 saturated heterocycles. The molecule has 0 aromatic rings. The van der Waals surface area contributed by atoms with Gasteiger partial charge in [-0.05, 0) is 6.42 Å². The fraction of sp³-hybridized carbons (Fsp3) is 1.00. The van der Waals surface area contributed by atoms with E-state index in [-0.39, 0.29) is 12.6 Å². The van der Waals surface area contributed by atoms with Crippen molar-refractivity contribution < 1.29 is 14.2 Å². The van der Waals surface area contributed by atoms with Gasteiger partial charge in [0.25, 0.3) is 0 Å². The van der Waals surface area contributed by atoms with Crippen LogP contribution < -0.4 is 0 Å². The lowest BCUT2D eigenvalue weighted by Crippen LogP contribution is -2.18. The van der Waals surface area contributed by atoms with Crippen LogP contribution in [0.15, 0.2) is 0 Å². The Balaban J connectivity index is 2.41. The van der Waals surface area contributed by atoms with E-state index in [0.717, 1.165) is 12.8 Å². The summed E-state index contributed by atoms with van der Waals surface area (Å²) in [5.41, 5.74) is 0. The number of hydrogen-bond donors (Lipinski definition) is 0. The van der Waals surface area contributed by atoms with Crippen LogP contribution in [0.5, 0.6) is 0 Å². The molecule has 0 unspecified atom stereocenters. The van der Waals surface area contributed by atoms with Crippen molar-refractivity contribution in [2.45, 2.75) is 32.3 Å². The minimum Gasteiger partial charge on any atom is -0.356 e. The van der Waals surface area contributed by atoms with Crippen LogP contribution in [-0.2, 0) is 14.2 Å². The van der Waals surface area contributed by atoms with Gasteiger partial charge in [-0.15, -0.1) is 0 Å². The van der Waals surface area contributed by atoms with Gasteiger partial charge in [0.15, 0.2) is 12.6 Å². The topological polar surface area (TPSA) is 27.7 Å². The molecule has 3 atom stereocenters. The zero-order valence-corrected chi connectivity index (χ0v) is 7.37. The molecule has 0 bridgehead atoms. The highest BCUT2D eigenvalue weighted by Gasteiger charge is 2.33. The predicted octanol–water partition coefficient (Wildman–Crippen LogP) is 1.38. The highest BCUT2D eigenvalue weighted by molar-refractivity contribution is 4.70. The molecule has 1 rings (SSSR count). The van der Waals surface area contributed by atoms with Crippen molar-refractivity contribution in [3.8, 4) is 0 Å². The van der Waals surface area contributed by atoms with E-state index in [1.165, 1.54) is 0 Å². The molecule has 1 aliphatic heterocycles. The number of methoxy groups -OCH3 is 2. The van der Waals surface area contributed by atoms with E-state index in [1.54, 1.807) is 14.2 Å². The Morgan fingerprint density at radius 1 is 1.36 bits per heavy atom. The summed E-state index contributed by atoms with van der Waals surface area (Å²) in [5.74, 6) is 0.491. The smallest absolute Gasteiger partial charge is 0.163 e. The van der Waals surface area contributed by atoms with Gasteiger partial charge in [0.05, 0.1) is 0 Å². The third-order valence-electron chi connectivity index (χ3n) is 2.19. The normalized spacial score (nSPS) is 37.9. The summed E-state index contributed by atoms with van der Waals surface area (Å²) < 4.78 is 15.6. The second-order valence-electron chi connectivity index (χ2n) is 2.81. The molecule has 0 aromatic carbocycles. The Kier molecular flexibility index (Phi) is 3.30. The van der Waals surface area contributed by atoms with Crippen LogP contribution in [-0.4, -0.2) is 26.8 Å². The van der Waals surface area contributed by atoms with Gasteiger partial charge >= 0.3 is 0 Å². The third kappa shape index (κ3) is 1.92. The summed E-state index contributed by atoms with van der Waals surface area (Å²) in [6, 6.07) is 0. The molecule has 0 amide bonds. The highest BCUT2D eigenvalue weighted by atomic mass is 16.8. The van der Waals surface area contributed by atoms with Crippen LogP contribution in [0.25, 0.3) is 0 Å². The predicted molar refractivity (Wildman–Crippen MR) is 41.1 cm³/mol. The van der Waals surface area contributed by atoms with Crippen LogP contribution in [0.2, 0.25) is 0 Å². The molecule has 0 aliphatic carbocycles. The van der Waals surface area contributed by atoms with E-state index >= 15 is 0 Å². The molecular formula is C8H16O3. The van der Waals surface area contributed by atoms with E-state index in [4.69, 9.17) is 14.2 Å². The number of rotatable bonds is 3. The highest BCUT2D eigenvalue weighted by Crippen LogP contribution is 2.29. The fourth-order valence-corrected chi connectivity index (χ4v) is 1.43. The Labute approximate surface area is 67.6 Å². The van der Waals surface area contributed by atoms with Gasteiger partial charge in [0.2, 0.25) is 0 Å². The minimum absolute atomic E-state index is 0.0649. The number of ether oxygens (including phenoxy) is 3. The summed E-state index contributed by atoms with van der Waals surface area (Å²) in [6.07, 6.45) is 1.90. The SMILES string of the molecule is CC[C@@H]1C[C@@H](OC)O[C@H]1OC. The summed E-state index contributed by atoms with van der Waals surface area (Å²) in [5, 5.41) is 0. The average Bonchev–Trinajstić information content (AvgIpc) is 2.46. The zero-order chi connectivity index (χ0) is 8.27. The molecule has 3 heteroatoms. The van der Waals surface area contributed by atoms with Crippen LogP contribution in [0.1, 0.15) is 19.8 Å². The van der Waals surface area contributed by atoms with Crippen LogP contribution in [0.3, 0.4) is 0 Å². The quantitative estimate of drug-likeness (QED) is 0.624. The number of hydrogen-bond acceptors (Lipinski definition) is 3. The van der Waals surface area contributed by atoms with Gasteiger partial charge in [0, 0.05) is 26.6 Å². The minimum atomic E-state index is -0.0649. The maximum Gasteiger partial charge on any atom is 0.163 e.